The summed E-state index contributed by atoms with van der Waals surface area (Å²) in [4.78, 5) is 0. The van der Waals surface area contributed by atoms with Crippen LogP contribution < -0.4 is 0 Å². The third-order valence-corrected chi connectivity index (χ3v) is 2.33. The molecule has 15 heavy (non-hydrogen) atoms. The minimum Gasteiger partial charge on any atom is -0.394 e. The molecule has 1 aromatic carbocycles. The number of benzene rings is 1. The Bertz CT molecular complexity index is 345. The fourth-order valence-corrected chi connectivity index (χ4v) is 1.44. The van der Waals surface area contributed by atoms with Crippen molar-refractivity contribution in [3.63, 3.8) is 0 Å². The number of hydrogen-bond donors (Lipinski definition) is 1. The molecule has 1 aliphatic heterocycles. The smallest absolute Gasteiger partial charge is 0.394 e. The van der Waals surface area contributed by atoms with E-state index in [1.54, 1.807) is 0 Å². The van der Waals surface area contributed by atoms with Gasteiger partial charge in [-0.1, -0.05) is 12.1 Å². The first-order chi connectivity index (χ1) is 7.02. The highest BCUT2D eigenvalue weighted by Gasteiger charge is 2.40. The molecule has 1 fully saturated rings. The lowest BCUT2D eigenvalue weighted by Crippen LogP contribution is -2.04. The molecule has 1 N–H and O–H groups in total. The van der Waals surface area contributed by atoms with Gasteiger partial charge in [-0.3, -0.25) is 0 Å². The monoisotopic (exact) mass is 218 g/mol. The molecular formula is C10H9F3O2. The first-order valence-electron chi connectivity index (χ1n) is 4.46. The number of ether oxygens (including phenoxy) is 1. The van der Waals surface area contributed by atoms with Gasteiger partial charge in [0.2, 0.25) is 0 Å². The summed E-state index contributed by atoms with van der Waals surface area (Å²) in [5.41, 5.74) is -0.00509. The van der Waals surface area contributed by atoms with E-state index in [1.807, 2.05) is 0 Å². The molecule has 0 aromatic heterocycles. The summed E-state index contributed by atoms with van der Waals surface area (Å²) in [6.45, 7) is -0.105. The molecule has 0 aliphatic carbocycles. The Hall–Kier alpha value is -1.07. The summed E-state index contributed by atoms with van der Waals surface area (Å²) in [5.74, 6) is 0. The average Bonchev–Trinajstić information content (AvgIpc) is 2.95. The molecule has 0 radical (unpaired) electrons. The van der Waals surface area contributed by atoms with E-state index in [2.05, 4.69) is 0 Å². The van der Waals surface area contributed by atoms with Crippen molar-refractivity contribution in [3.05, 3.63) is 35.4 Å². The molecule has 0 bridgehead atoms. The average molecular weight is 218 g/mol. The Kier molecular flexibility index (Phi) is 2.44. The lowest BCUT2D eigenvalue weighted by Gasteiger charge is -2.06. The van der Waals surface area contributed by atoms with Crippen LogP contribution in [-0.2, 0) is 10.9 Å². The molecule has 0 saturated carbocycles. The van der Waals surface area contributed by atoms with Crippen LogP contribution in [0.15, 0.2) is 24.3 Å². The summed E-state index contributed by atoms with van der Waals surface area (Å²) >= 11 is 0. The summed E-state index contributed by atoms with van der Waals surface area (Å²) in [6, 6.07) is 4.79. The molecule has 1 aliphatic rings. The van der Waals surface area contributed by atoms with E-state index >= 15 is 0 Å². The summed E-state index contributed by atoms with van der Waals surface area (Å²) < 4.78 is 41.7. The van der Waals surface area contributed by atoms with Crippen LogP contribution in [0.25, 0.3) is 0 Å². The van der Waals surface area contributed by atoms with Crippen LogP contribution in [-0.4, -0.2) is 17.8 Å². The highest BCUT2D eigenvalue weighted by molar-refractivity contribution is 5.28. The Morgan fingerprint density at radius 3 is 2.20 bits per heavy atom. The van der Waals surface area contributed by atoms with Crippen LogP contribution in [0, 0.1) is 0 Å². The standard InChI is InChI=1S/C10H9F3O2/c11-10(12,13)7-3-1-6(2-4-7)9-8(5-14)15-9/h1-4,8-9,14H,5H2/t8-,9-/m0/s1. The molecule has 2 atom stereocenters. The lowest BCUT2D eigenvalue weighted by atomic mass is 10.1. The minimum absolute atomic E-state index is 0.105. The van der Waals surface area contributed by atoms with Gasteiger partial charge in [0, 0.05) is 0 Å². The number of aliphatic hydroxyl groups is 1. The Morgan fingerprint density at radius 1 is 1.20 bits per heavy atom. The van der Waals surface area contributed by atoms with Gasteiger partial charge in [0.15, 0.2) is 0 Å². The third kappa shape index (κ3) is 2.13. The van der Waals surface area contributed by atoms with E-state index in [-0.39, 0.29) is 18.8 Å². The predicted molar refractivity (Wildman–Crippen MR) is 46.1 cm³/mol. The van der Waals surface area contributed by atoms with Gasteiger partial charge in [-0.2, -0.15) is 13.2 Å². The highest BCUT2D eigenvalue weighted by Crippen LogP contribution is 2.39. The zero-order valence-electron chi connectivity index (χ0n) is 7.66. The van der Waals surface area contributed by atoms with Crippen molar-refractivity contribution in [3.8, 4) is 0 Å². The molecule has 5 heteroatoms. The van der Waals surface area contributed by atoms with Crippen LogP contribution in [0.5, 0.6) is 0 Å². The van der Waals surface area contributed by atoms with Crippen LogP contribution in [0.1, 0.15) is 17.2 Å². The van der Waals surface area contributed by atoms with E-state index in [9.17, 15) is 13.2 Å². The van der Waals surface area contributed by atoms with E-state index < -0.39 is 11.7 Å². The van der Waals surface area contributed by atoms with E-state index in [0.717, 1.165) is 12.1 Å². The largest absolute Gasteiger partial charge is 0.416 e. The second-order valence-corrected chi connectivity index (χ2v) is 3.40. The van der Waals surface area contributed by atoms with Gasteiger partial charge >= 0.3 is 6.18 Å². The van der Waals surface area contributed by atoms with Crippen molar-refractivity contribution in [2.24, 2.45) is 0 Å². The predicted octanol–water partition coefficient (Wildman–Crippen LogP) is 2.14. The van der Waals surface area contributed by atoms with Crippen LogP contribution in [0.3, 0.4) is 0 Å². The molecule has 2 nitrogen and oxygen atoms in total. The SMILES string of the molecule is OC[C@@H]1O[C@H]1c1ccc(C(F)(F)F)cc1. The van der Waals surface area contributed by atoms with Gasteiger partial charge < -0.3 is 9.84 Å². The quantitative estimate of drug-likeness (QED) is 0.771. The molecule has 0 amide bonds. The first-order valence-corrected chi connectivity index (χ1v) is 4.46. The molecule has 1 saturated heterocycles. The third-order valence-electron chi connectivity index (χ3n) is 2.33. The van der Waals surface area contributed by atoms with E-state index in [4.69, 9.17) is 9.84 Å². The van der Waals surface area contributed by atoms with Crippen molar-refractivity contribution in [1.29, 1.82) is 0 Å². The van der Waals surface area contributed by atoms with Gasteiger partial charge in [0.25, 0.3) is 0 Å². The van der Waals surface area contributed by atoms with Crippen LogP contribution >= 0.6 is 0 Å². The van der Waals surface area contributed by atoms with Crippen molar-refractivity contribution in [1.82, 2.24) is 0 Å². The van der Waals surface area contributed by atoms with Crippen molar-refractivity contribution < 1.29 is 23.0 Å². The second-order valence-electron chi connectivity index (χ2n) is 3.40. The fourth-order valence-electron chi connectivity index (χ4n) is 1.44. The lowest BCUT2D eigenvalue weighted by molar-refractivity contribution is -0.137. The summed E-state index contributed by atoms with van der Waals surface area (Å²) in [7, 11) is 0. The molecule has 2 rings (SSSR count). The zero-order valence-corrected chi connectivity index (χ0v) is 7.66. The molecule has 1 aromatic rings. The molecule has 0 unspecified atom stereocenters. The van der Waals surface area contributed by atoms with E-state index in [0.29, 0.717) is 5.56 Å². The number of rotatable bonds is 2. The van der Waals surface area contributed by atoms with Crippen molar-refractivity contribution in [2.75, 3.05) is 6.61 Å². The maximum absolute atomic E-state index is 12.2. The number of hydrogen-bond acceptors (Lipinski definition) is 2. The van der Waals surface area contributed by atoms with Crippen molar-refractivity contribution in [2.45, 2.75) is 18.4 Å². The second kappa shape index (κ2) is 3.50. The van der Waals surface area contributed by atoms with Gasteiger partial charge in [-0.05, 0) is 17.7 Å². The molecule has 0 spiro atoms. The number of aliphatic hydroxyl groups excluding tert-OH is 1. The van der Waals surface area contributed by atoms with Gasteiger partial charge in [0.05, 0.1) is 12.2 Å². The normalized spacial score (nSPS) is 25.3. The minimum atomic E-state index is -4.31. The van der Waals surface area contributed by atoms with Gasteiger partial charge in [-0.25, -0.2) is 0 Å². The first kappa shape index (κ1) is 10.4. The maximum Gasteiger partial charge on any atom is 0.416 e. The Morgan fingerprint density at radius 2 is 1.80 bits per heavy atom. The van der Waals surface area contributed by atoms with Gasteiger partial charge in [-0.15, -0.1) is 0 Å². The fraction of sp³-hybridized carbons (Fsp3) is 0.400. The number of epoxide rings is 1. The highest BCUT2D eigenvalue weighted by atomic mass is 19.4. The topological polar surface area (TPSA) is 32.8 Å². The number of alkyl halides is 3. The Balaban J connectivity index is 2.12. The van der Waals surface area contributed by atoms with E-state index in [1.165, 1.54) is 12.1 Å². The molecular weight excluding hydrogens is 209 g/mol. The molecule has 1 heterocycles. The van der Waals surface area contributed by atoms with Crippen LogP contribution in [0.4, 0.5) is 13.2 Å². The summed E-state index contributed by atoms with van der Waals surface area (Å²) in [6.07, 6.45) is -4.82. The van der Waals surface area contributed by atoms with Crippen LogP contribution in [0.2, 0.25) is 0 Å². The Labute approximate surface area is 84.3 Å². The maximum atomic E-state index is 12.2. The molecule has 82 valence electrons. The van der Waals surface area contributed by atoms with Gasteiger partial charge in [0.1, 0.15) is 12.2 Å². The number of halogens is 3. The summed E-state index contributed by atoms with van der Waals surface area (Å²) in [5, 5.41) is 8.72. The zero-order chi connectivity index (χ0) is 11.1. The van der Waals surface area contributed by atoms with Crippen molar-refractivity contribution >= 4 is 0 Å².